The van der Waals surface area contributed by atoms with E-state index >= 15 is 0 Å². The number of ether oxygens (including phenoxy) is 1. The van der Waals surface area contributed by atoms with E-state index in [0.717, 1.165) is 15.3 Å². The fraction of sp³-hybridized carbons (Fsp3) is 0.0588. The SMILES string of the molecule is COc1cc(/C=C/c2ccc(-c3nc(C(=O)O)cs3)s2)ccc1O. The van der Waals surface area contributed by atoms with Crippen LogP contribution in [0.2, 0.25) is 0 Å². The maximum atomic E-state index is 10.9. The minimum atomic E-state index is -1.02. The zero-order chi connectivity index (χ0) is 17.1. The number of phenols is 1. The molecule has 2 heterocycles. The van der Waals surface area contributed by atoms with E-state index in [9.17, 15) is 9.90 Å². The lowest BCUT2D eigenvalue weighted by atomic mass is 10.2. The van der Waals surface area contributed by atoms with E-state index in [4.69, 9.17) is 9.84 Å². The summed E-state index contributed by atoms with van der Waals surface area (Å²) in [7, 11) is 1.51. The van der Waals surface area contributed by atoms with Gasteiger partial charge in [-0.25, -0.2) is 9.78 Å². The van der Waals surface area contributed by atoms with Crippen molar-refractivity contribution in [1.82, 2.24) is 4.98 Å². The molecule has 0 fully saturated rings. The highest BCUT2D eigenvalue weighted by atomic mass is 32.1. The Bertz CT molecular complexity index is 911. The second-order valence-electron chi connectivity index (χ2n) is 4.81. The lowest BCUT2D eigenvalue weighted by molar-refractivity contribution is 0.0691. The number of rotatable bonds is 5. The third-order valence-electron chi connectivity index (χ3n) is 3.20. The van der Waals surface area contributed by atoms with Crippen molar-refractivity contribution in [2.24, 2.45) is 0 Å². The van der Waals surface area contributed by atoms with Crippen LogP contribution in [0.25, 0.3) is 22.0 Å². The maximum absolute atomic E-state index is 10.9. The number of phenolic OH excluding ortho intramolecular Hbond substituents is 1. The van der Waals surface area contributed by atoms with Crippen LogP contribution in [0.4, 0.5) is 0 Å². The van der Waals surface area contributed by atoms with E-state index in [2.05, 4.69) is 4.98 Å². The number of carbonyl (C=O) groups is 1. The van der Waals surface area contributed by atoms with Crippen molar-refractivity contribution in [1.29, 1.82) is 0 Å². The number of aromatic carboxylic acids is 1. The van der Waals surface area contributed by atoms with Gasteiger partial charge in [0.15, 0.2) is 17.2 Å². The van der Waals surface area contributed by atoms with Gasteiger partial charge in [-0.1, -0.05) is 12.1 Å². The molecule has 0 saturated carbocycles. The molecule has 2 aromatic heterocycles. The highest BCUT2D eigenvalue weighted by Crippen LogP contribution is 2.32. The van der Waals surface area contributed by atoms with E-state index in [1.165, 1.54) is 35.2 Å². The van der Waals surface area contributed by atoms with Crippen LogP contribution in [0.1, 0.15) is 20.9 Å². The van der Waals surface area contributed by atoms with Crippen molar-refractivity contribution < 1.29 is 19.7 Å². The molecule has 0 bridgehead atoms. The summed E-state index contributed by atoms with van der Waals surface area (Å²) in [5.41, 5.74) is 0.971. The molecular formula is C17H13NO4S2. The molecule has 0 atom stereocenters. The zero-order valence-corrected chi connectivity index (χ0v) is 14.2. The van der Waals surface area contributed by atoms with Gasteiger partial charge >= 0.3 is 5.97 Å². The van der Waals surface area contributed by atoms with Crippen molar-refractivity contribution >= 4 is 40.8 Å². The average Bonchev–Trinajstić information content (AvgIpc) is 3.23. The van der Waals surface area contributed by atoms with Crippen molar-refractivity contribution in [2.45, 2.75) is 0 Å². The molecule has 5 nitrogen and oxygen atoms in total. The average molecular weight is 359 g/mol. The lowest BCUT2D eigenvalue weighted by Gasteiger charge is -2.03. The van der Waals surface area contributed by atoms with Gasteiger partial charge in [0.05, 0.1) is 12.0 Å². The Hall–Kier alpha value is -2.64. The Morgan fingerprint density at radius 2 is 2.08 bits per heavy atom. The molecule has 3 aromatic rings. The van der Waals surface area contributed by atoms with Gasteiger partial charge in [-0.3, -0.25) is 0 Å². The molecule has 7 heteroatoms. The number of nitrogens with zero attached hydrogens (tertiary/aromatic N) is 1. The number of benzene rings is 1. The smallest absolute Gasteiger partial charge is 0.355 e. The van der Waals surface area contributed by atoms with E-state index < -0.39 is 5.97 Å². The first-order chi connectivity index (χ1) is 11.6. The van der Waals surface area contributed by atoms with Crippen molar-refractivity contribution in [2.75, 3.05) is 7.11 Å². The lowest BCUT2D eigenvalue weighted by Crippen LogP contribution is -1.95. The Morgan fingerprint density at radius 3 is 2.79 bits per heavy atom. The highest BCUT2D eigenvalue weighted by Gasteiger charge is 2.11. The predicted octanol–water partition coefficient (Wildman–Crippen LogP) is 4.45. The van der Waals surface area contributed by atoms with E-state index in [-0.39, 0.29) is 11.4 Å². The topological polar surface area (TPSA) is 79.7 Å². The molecule has 0 saturated heterocycles. The van der Waals surface area contributed by atoms with E-state index in [0.29, 0.717) is 10.8 Å². The molecule has 0 radical (unpaired) electrons. The van der Waals surface area contributed by atoms with Crippen LogP contribution in [-0.4, -0.2) is 28.3 Å². The quantitative estimate of drug-likeness (QED) is 0.703. The van der Waals surface area contributed by atoms with Gasteiger partial charge in [0.1, 0.15) is 5.01 Å². The Morgan fingerprint density at radius 1 is 1.25 bits per heavy atom. The number of thiazole rings is 1. The summed E-state index contributed by atoms with van der Waals surface area (Å²) < 4.78 is 5.09. The highest BCUT2D eigenvalue weighted by molar-refractivity contribution is 7.21. The van der Waals surface area contributed by atoms with Crippen LogP contribution in [0.15, 0.2) is 35.7 Å². The minimum Gasteiger partial charge on any atom is -0.504 e. The van der Waals surface area contributed by atoms with Gasteiger partial charge in [-0.2, -0.15) is 0 Å². The zero-order valence-electron chi connectivity index (χ0n) is 12.6. The van der Waals surface area contributed by atoms with Crippen LogP contribution in [-0.2, 0) is 0 Å². The van der Waals surface area contributed by atoms with Crippen LogP contribution >= 0.6 is 22.7 Å². The number of aromatic nitrogens is 1. The largest absolute Gasteiger partial charge is 0.504 e. The monoisotopic (exact) mass is 359 g/mol. The summed E-state index contributed by atoms with van der Waals surface area (Å²) in [6.45, 7) is 0. The Kier molecular flexibility index (Phi) is 4.64. The van der Waals surface area contributed by atoms with Gasteiger partial charge < -0.3 is 14.9 Å². The second-order valence-corrected chi connectivity index (χ2v) is 6.78. The summed E-state index contributed by atoms with van der Waals surface area (Å²) in [6, 6.07) is 9.01. The summed E-state index contributed by atoms with van der Waals surface area (Å²) >= 11 is 2.85. The van der Waals surface area contributed by atoms with Crippen molar-refractivity contribution in [3.8, 4) is 21.4 Å². The standard InChI is InChI=1S/C17H13NO4S2/c1-22-14-8-10(3-6-13(14)19)2-4-11-5-7-15(24-11)16-18-12(9-23-16)17(20)21/h2-9,19H,1H3,(H,20,21)/b4-2+. The van der Waals surface area contributed by atoms with Crippen LogP contribution < -0.4 is 4.74 Å². The van der Waals surface area contributed by atoms with E-state index in [1.807, 2.05) is 24.3 Å². The third-order valence-corrected chi connectivity index (χ3v) is 5.27. The number of methoxy groups -OCH3 is 1. The summed E-state index contributed by atoms with van der Waals surface area (Å²) in [5.74, 6) is -0.491. The van der Waals surface area contributed by atoms with Gasteiger partial charge in [0.2, 0.25) is 0 Å². The number of aromatic hydroxyl groups is 1. The molecule has 0 aliphatic rings. The van der Waals surface area contributed by atoms with Gasteiger partial charge in [-0.05, 0) is 35.9 Å². The van der Waals surface area contributed by atoms with Crippen LogP contribution in [0.5, 0.6) is 11.5 Å². The fourth-order valence-corrected chi connectivity index (χ4v) is 3.80. The fourth-order valence-electron chi connectivity index (χ4n) is 2.02. The predicted molar refractivity (Wildman–Crippen MR) is 96.0 cm³/mol. The molecule has 0 spiro atoms. The third kappa shape index (κ3) is 3.47. The molecule has 0 aliphatic heterocycles. The first-order valence-electron chi connectivity index (χ1n) is 6.91. The number of thiophene rings is 1. The normalized spacial score (nSPS) is 11.0. The Balaban J connectivity index is 1.79. The van der Waals surface area contributed by atoms with Gasteiger partial charge in [0.25, 0.3) is 0 Å². The first kappa shape index (κ1) is 16.2. The summed E-state index contributed by atoms with van der Waals surface area (Å²) in [4.78, 5) is 16.9. The van der Waals surface area contributed by atoms with Crippen LogP contribution in [0.3, 0.4) is 0 Å². The minimum absolute atomic E-state index is 0.0664. The van der Waals surface area contributed by atoms with Crippen molar-refractivity contribution in [3.05, 3.63) is 51.8 Å². The number of carboxylic acid groups (broad SMARTS) is 1. The number of hydrogen-bond donors (Lipinski definition) is 2. The summed E-state index contributed by atoms with van der Waals surface area (Å²) in [6.07, 6.45) is 3.87. The summed E-state index contributed by atoms with van der Waals surface area (Å²) in [5, 5.41) is 20.8. The molecule has 122 valence electrons. The molecule has 1 aromatic carbocycles. The molecule has 24 heavy (non-hydrogen) atoms. The molecule has 0 aliphatic carbocycles. The molecule has 0 unspecified atom stereocenters. The van der Waals surface area contributed by atoms with Gasteiger partial charge in [-0.15, -0.1) is 22.7 Å². The molecule has 0 amide bonds. The Labute approximate surface area is 146 Å². The number of hydrogen-bond acceptors (Lipinski definition) is 6. The van der Waals surface area contributed by atoms with Gasteiger partial charge in [0, 0.05) is 10.3 Å². The molecular weight excluding hydrogens is 346 g/mol. The molecule has 3 rings (SSSR count). The van der Waals surface area contributed by atoms with Crippen LogP contribution in [0, 0.1) is 0 Å². The number of carboxylic acids is 1. The molecule has 2 N–H and O–H groups in total. The second kappa shape index (κ2) is 6.86. The first-order valence-corrected chi connectivity index (χ1v) is 8.60. The van der Waals surface area contributed by atoms with E-state index in [1.54, 1.807) is 18.2 Å². The van der Waals surface area contributed by atoms with Crippen molar-refractivity contribution in [3.63, 3.8) is 0 Å². The maximum Gasteiger partial charge on any atom is 0.355 e.